The second-order valence-electron chi connectivity index (χ2n) is 8.60. The van der Waals surface area contributed by atoms with Crippen molar-refractivity contribution in [2.45, 2.75) is 17.9 Å². The van der Waals surface area contributed by atoms with Crippen molar-refractivity contribution in [2.75, 3.05) is 18.1 Å². The van der Waals surface area contributed by atoms with Gasteiger partial charge in [0, 0.05) is 5.02 Å². The summed E-state index contributed by atoms with van der Waals surface area (Å²) in [4.78, 5) is 39.6. The standard InChI is InChI=1S/C24H17Cl2F3N2O5/c25-13-4-5-16(15(26)9-13)35-10-18(32)30-11-23-7-6-17(36-23)19-20(23)22(34)31(21(19)33)14-3-1-2-12(8-14)24(27,28)29/h1-9,17,19-20H,10-11H2,(H,30,32)/t17-,19-,20+,23-/m1/s1. The first-order valence-corrected chi connectivity index (χ1v) is 11.5. The minimum Gasteiger partial charge on any atom is -0.482 e. The molecule has 7 nitrogen and oxygen atoms in total. The Balaban J connectivity index is 1.30. The topological polar surface area (TPSA) is 84.9 Å². The highest BCUT2D eigenvalue weighted by Crippen LogP contribution is 2.52. The molecule has 2 fully saturated rings. The molecule has 3 aliphatic rings. The zero-order valence-electron chi connectivity index (χ0n) is 18.2. The minimum absolute atomic E-state index is 0.146. The van der Waals surface area contributed by atoms with Crippen molar-refractivity contribution in [1.82, 2.24) is 5.32 Å². The predicted octanol–water partition coefficient (Wildman–Crippen LogP) is 4.02. The summed E-state index contributed by atoms with van der Waals surface area (Å²) >= 11 is 11.9. The van der Waals surface area contributed by atoms with Crippen LogP contribution in [0.1, 0.15) is 5.56 Å². The second kappa shape index (κ2) is 8.79. The van der Waals surface area contributed by atoms with Crippen LogP contribution in [0.2, 0.25) is 10.0 Å². The molecule has 3 heterocycles. The Labute approximate surface area is 212 Å². The van der Waals surface area contributed by atoms with Crippen molar-refractivity contribution < 1.29 is 37.0 Å². The van der Waals surface area contributed by atoms with Crippen LogP contribution in [0.25, 0.3) is 0 Å². The number of halogens is 5. The smallest absolute Gasteiger partial charge is 0.416 e. The minimum atomic E-state index is -4.63. The van der Waals surface area contributed by atoms with Gasteiger partial charge in [-0.25, -0.2) is 4.90 Å². The van der Waals surface area contributed by atoms with E-state index in [1.54, 1.807) is 18.2 Å². The number of imide groups is 1. The third-order valence-corrected chi connectivity index (χ3v) is 6.93. The summed E-state index contributed by atoms with van der Waals surface area (Å²) in [7, 11) is 0. The van der Waals surface area contributed by atoms with Crippen LogP contribution in [0.15, 0.2) is 54.6 Å². The van der Waals surface area contributed by atoms with Crippen molar-refractivity contribution in [3.8, 4) is 5.75 Å². The zero-order valence-corrected chi connectivity index (χ0v) is 19.7. The van der Waals surface area contributed by atoms with Crippen LogP contribution in [-0.4, -0.2) is 42.6 Å². The van der Waals surface area contributed by atoms with Crippen molar-refractivity contribution in [3.63, 3.8) is 0 Å². The molecule has 4 atom stereocenters. The van der Waals surface area contributed by atoms with Gasteiger partial charge in [-0.1, -0.05) is 41.4 Å². The van der Waals surface area contributed by atoms with Gasteiger partial charge in [0.05, 0.1) is 40.8 Å². The molecule has 0 unspecified atom stereocenters. The van der Waals surface area contributed by atoms with Gasteiger partial charge in [0.2, 0.25) is 11.8 Å². The molecule has 12 heteroatoms. The van der Waals surface area contributed by atoms with E-state index in [-0.39, 0.29) is 29.6 Å². The van der Waals surface area contributed by atoms with Gasteiger partial charge in [0.25, 0.3) is 5.91 Å². The molecule has 0 saturated carbocycles. The van der Waals surface area contributed by atoms with E-state index in [0.29, 0.717) is 5.02 Å². The average molecular weight is 541 g/mol. The number of alkyl halides is 3. The van der Waals surface area contributed by atoms with E-state index in [0.717, 1.165) is 23.1 Å². The van der Waals surface area contributed by atoms with Crippen LogP contribution in [0.3, 0.4) is 0 Å². The van der Waals surface area contributed by atoms with E-state index in [9.17, 15) is 27.6 Å². The molecule has 3 amide bonds. The summed E-state index contributed by atoms with van der Waals surface area (Å²) in [5, 5.41) is 3.26. The summed E-state index contributed by atoms with van der Waals surface area (Å²) < 4.78 is 50.9. The molecule has 3 aliphatic heterocycles. The molecule has 2 bridgehead atoms. The number of rotatable bonds is 6. The Morgan fingerprint density at radius 2 is 1.92 bits per heavy atom. The predicted molar refractivity (Wildman–Crippen MR) is 123 cm³/mol. The van der Waals surface area contributed by atoms with Crippen LogP contribution in [0, 0.1) is 11.8 Å². The Morgan fingerprint density at radius 1 is 1.14 bits per heavy atom. The molecule has 2 aromatic rings. The highest BCUT2D eigenvalue weighted by atomic mass is 35.5. The van der Waals surface area contributed by atoms with Crippen molar-refractivity contribution in [2.24, 2.45) is 11.8 Å². The molecule has 2 saturated heterocycles. The van der Waals surface area contributed by atoms with E-state index in [1.165, 1.54) is 18.2 Å². The van der Waals surface area contributed by atoms with Gasteiger partial charge in [0.15, 0.2) is 6.61 Å². The summed E-state index contributed by atoms with van der Waals surface area (Å²) in [6, 6.07) is 8.56. The fourth-order valence-electron chi connectivity index (χ4n) is 4.81. The molecular weight excluding hydrogens is 524 g/mol. The van der Waals surface area contributed by atoms with Gasteiger partial charge >= 0.3 is 6.18 Å². The van der Waals surface area contributed by atoms with Crippen LogP contribution >= 0.6 is 23.2 Å². The number of hydrogen-bond acceptors (Lipinski definition) is 5. The molecule has 5 rings (SSSR count). The summed E-state index contributed by atoms with van der Waals surface area (Å²) in [6.45, 7) is -0.533. The fraction of sp³-hybridized carbons (Fsp3) is 0.292. The molecule has 36 heavy (non-hydrogen) atoms. The third-order valence-electron chi connectivity index (χ3n) is 6.40. The Kier molecular flexibility index (Phi) is 6.01. The van der Waals surface area contributed by atoms with Gasteiger partial charge in [-0.2, -0.15) is 13.2 Å². The monoisotopic (exact) mass is 540 g/mol. The molecule has 0 aliphatic carbocycles. The van der Waals surface area contributed by atoms with Gasteiger partial charge in [-0.3, -0.25) is 14.4 Å². The number of ether oxygens (including phenoxy) is 2. The van der Waals surface area contributed by atoms with Gasteiger partial charge in [0.1, 0.15) is 11.4 Å². The molecule has 0 spiro atoms. The van der Waals surface area contributed by atoms with Crippen molar-refractivity contribution >= 4 is 46.6 Å². The van der Waals surface area contributed by atoms with E-state index >= 15 is 0 Å². The normalized spacial score (nSPS) is 26.5. The average Bonchev–Trinajstić information content (AvgIpc) is 3.47. The molecular formula is C24H17Cl2F3N2O5. The number of benzene rings is 2. The molecule has 2 aromatic carbocycles. The Morgan fingerprint density at radius 3 is 2.64 bits per heavy atom. The number of carbonyl (C=O) groups is 3. The number of amides is 3. The lowest BCUT2D eigenvalue weighted by molar-refractivity contribution is -0.137. The number of carbonyl (C=O) groups excluding carboxylic acids is 3. The second-order valence-corrected chi connectivity index (χ2v) is 9.44. The highest BCUT2D eigenvalue weighted by Gasteiger charge is 2.67. The van der Waals surface area contributed by atoms with Crippen molar-refractivity contribution in [3.05, 3.63) is 70.2 Å². The summed E-state index contributed by atoms with van der Waals surface area (Å²) in [6.07, 6.45) is -2.14. The lowest BCUT2D eigenvalue weighted by Gasteiger charge is -2.29. The van der Waals surface area contributed by atoms with Gasteiger partial charge in [-0.15, -0.1) is 0 Å². The molecule has 0 aromatic heterocycles. The Hall–Kier alpha value is -3.08. The quantitative estimate of drug-likeness (QED) is 0.442. The third kappa shape index (κ3) is 4.12. The SMILES string of the molecule is O=C(COc1ccc(Cl)cc1Cl)NC[C@@]12C=C[C@@H](O1)[C@H]1C(=O)N(c3cccc(C(F)(F)F)c3)C(=O)[C@H]12. The van der Waals surface area contributed by atoms with Crippen LogP contribution < -0.4 is 15.0 Å². The van der Waals surface area contributed by atoms with E-state index in [2.05, 4.69) is 5.32 Å². The summed E-state index contributed by atoms with van der Waals surface area (Å²) in [5.74, 6) is -3.52. The molecule has 1 N–H and O–H groups in total. The fourth-order valence-corrected chi connectivity index (χ4v) is 5.27. The van der Waals surface area contributed by atoms with E-state index < -0.39 is 53.0 Å². The Bertz CT molecular complexity index is 1300. The first-order chi connectivity index (χ1) is 17.0. The van der Waals surface area contributed by atoms with E-state index in [1.807, 2.05) is 0 Å². The highest BCUT2D eigenvalue weighted by molar-refractivity contribution is 6.35. The first-order valence-electron chi connectivity index (χ1n) is 10.8. The van der Waals surface area contributed by atoms with E-state index in [4.69, 9.17) is 32.7 Å². The van der Waals surface area contributed by atoms with Gasteiger partial charge < -0.3 is 14.8 Å². The maximum Gasteiger partial charge on any atom is 0.416 e. The number of fused-ring (bicyclic) bond motifs is 5. The number of nitrogens with zero attached hydrogens (tertiary/aromatic N) is 1. The van der Waals surface area contributed by atoms with Crippen LogP contribution in [-0.2, 0) is 25.3 Å². The van der Waals surface area contributed by atoms with Gasteiger partial charge in [-0.05, 0) is 36.4 Å². The maximum absolute atomic E-state index is 13.3. The number of nitrogens with one attached hydrogen (secondary N) is 1. The maximum atomic E-state index is 13.3. The zero-order chi connectivity index (χ0) is 25.8. The molecule has 188 valence electrons. The summed E-state index contributed by atoms with van der Waals surface area (Å²) in [5.41, 5.74) is -2.45. The largest absolute Gasteiger partial charge is 0.482 e. The van der Waals surface area contributed by atoms with Crippen LogP contribution in [0.5, 0.6) is 5.75 Å². The number of hydrogen-bond donors (Lipinski definition) is 1. The first kappa shape index (κ1) is 24.6. The van der Waals surface area contributed by atoms with Crippen LogP contribution in [0.4, 0.5) is 18.9 Å². The lowest BCUT2D eigenvalue weighted by atomic mass is 9.77. The molecule has 0 radical (unpaired) electrons. The number of anilines is 1. The van der Waals surface area contributed by atoms with Crippen molar-refractivity contribution in [1.29, 1.82) is 0 Å². The lowest BCUT2D eigenvalue weighted by Crippen LogP contribution is -2.49.